The van der Waals surface area contributed by atoms with E-state index in [4.69, 9.17) is 25.3 Å². The minimum atomic E-state index is -0.300. The molecular weight excluding hydrogens is 428 g/mol. The average molecular weight is 459 g/mol. The zero-order valence-corrected chi connectivity index (χ0v) is 19.8. The summed E-state index contributed by atoms with van der Waals surface area (Å²) in [5, 5.41) is 8.81. The summed E-state index contributed by atoms with van der Waals surface area (Å²) in [7, 11) is 0. The third kappa shape index (κ3) is 4.54. The van der Waals surface area contributed by atoms with Gasteiger partial charge in [0.25, 0.3) is 0 Å². The molecule has 1 unspecified atom stereocenters. The van der Waals surface area contributed by atoms with E-state index in [-0.39, 0.29) is 11.6 Å². The Labute approximate surface area is 199 Å². The first-order chi connectivity index (χ1) is 16.4. The maximum atomic E-state index is 6.60. The van der Waals surface area contributed by atoms with Crippen LogP contribution in [0, 0.1) is 0 Å². The summed E-state index contributed by atoms with van der Waals surface area (Å²) in [5.41, 5.74) is 8.44. The summed E-state index contributed by atoms with van der Waals surface area (Å²) in [5.74, 6) is 2.53. The molecule has 0 aliphatic carbocycles. The average Bonchev–Trinajstić information content (AvgIpc) is 3.46. The van der Waals surface area contributed by atoms with Crippen LogP contribution in [-0.2, 0) is 10.3 Å². The molecule has 3 heterocycles. The quantitative estimate of drug-likeness (QED) is 0.409. The van der Waals surface area contributed by atoms with Crippen molar-refractivity contribution < 1.29 is 9.47 Å². The van der Waals surface area contributed by atoms with E-state index in [1.165, 1.54) is 0 Å². The van der Waals surface area contributed by atoms with Gasteiger partial charge in [-0.3, -0.25) is 0 Å². The van der Waals surface area contributed by atoms with Crippen molar-refractivity contribution in [2.75, 3.05) is 24.2 Å². The molecule has 0 spiro atoms. The lowest BCUT2D eigenvalue weighted by Gasteiger charge is -2.20. The van der Waals surface area contributed by atoms with Crippen molar-refractivity contribution in [3.63, 3.8) is 0 Å². The number of ether oxygens (including phenoxy) is 2. The standard InChI is InChI=1S/C26H30N6O2/c1-26(2,3)32-23(27)21-22(17-9-7-12-19(15-17)34-18-10-5-4-6-11-18)29-25(30-24(21)31-32)28-16-20-13-8-14-33-20/h4-7,9-12,15,20H,8,13-14,16,27H2,1-3H3,(H,28,30,31). The molecule has 8 nitrogen and oxygen atoms in total. The lowest BCUT2D eigenvalue weighted by atomic mass is 10.1. The Bertz CT molecular complexity index is 1290. The van der Waals surface area contributed by atoms with Gasteiger partial charge in [0.2, 0.25) is 5.95 Å². The zero-order chi connectivity index (χ0) is 23.7. The highest BCUT2D eigenvalue weighted by atomic mass is 16.5. The predicted molar refractivity (Wildman–Crippen MR) is 134 cm³/mol. The molecule has 0 amide bonds. The predicted octanol–water partition coefficient (Wildman–Crippen LogP) is 5.21. The number of para-hydroxylation sites is 1. The third-order valence-corrected chi connectivity index (χ3v) is 5.80. The Morgan fingerprint density at radius 3 is 2.62 bits per heavy atom. The molecule has 4 aromatic rings. The number of hydrogen-bond donors (Lipinski definition) is 2. The van der Waals surface area contributed by atoms with Crippen LogP contribution in [0.4, 0.5) is 11.8 Å². The van der Waals surface area contributed by atoms with Crippen molar-refractivity contribution in [2.24, 2.45) is 0 Å². The number of anilines is 2. The van der Waals surface area contributed by atoms with E-state index in [1.807, 2.05) is 59.3 Å². The number of nitrogens with one attached hydrogen (secondary N) is 1. The first-order valence-electron chi connectivity index (χ1n) is 11.6. The van der Waals surface area contributed by atoms with Gasteiger partial charge in [-0.15, -0.1) is 5.10 Å². The molecule has 176 valence electrons. The number of hydrogen-bond acceptors (Lipinski definition) is 7. The van der Waals surface area contributed by atoms with Gasteiger partial charge in [-0.05, 0) is 57.9 Å². The summed E-state index contributed by atoms with van der Waals surface area (Å²) in [6, 6.07) is 17.5. The van der Waals surface area contributed by atoms with Crippen LogP contribution in [0.2, 0.25) is 0 Å². The number of nitrogens with two attached hydrogens (primary N) is 1. The van der Waals surface area contributed by atoms with Gasteiger partial charge in [0.1, 0.15) is 17.3 Å². The molecule has 3 N–H and O–H groups in total. The highest BCUT2D eigenvalue weighted by Crippen LogP contribution is 2.35. The fourth-order valence-electron chi connectivity index (χ4n) is 4.15. The van der Waals surface area contributed by atoms with Crippen LogP contribution >= 0.6 is 0 Å². The molecule has 2 aromatic heterocycles. The van der Waals surface area contributed by atoms with E-state index in [9.17, 15) is 0 Å². The van der Waals surface area contributed by atoms with Gasteiger partial charge >= 0.3 is 0 Å². The number of rotatable bonds is 6. The molecule has 8 heteroatoms. The van der Waals surface area contributed by atoms with Crippen molar-refractivity contribution in [3.8, 4) is 22.8 Å². The Balaban J connectivity index is 1.57. The van der Waals surface area contributed by atoms with Crippen LogP contribution < -0.4 is 15.8 Å². The van der Waals surface area contributed by atoms with E-state index in [0.29, 0.717) is 35.4 Å². The van der Waals surface area contributed by atoms with Gasteiger partial charge in [0, 0.05) is 18.7 Å². The van der Waals surface area contributed by atoms with Gasteiger partial charge in [-0.1, -0.05) is 30.3 Å². The lowest BCUT2D eigenvalue weighted by Crippen LogP contribution is -2.24. The molecule has 2 aromatic carbocycles. The highest BCUT2D eigenvalue weighted by Gasteiger charge is 2.25. The van der Waals surface area contributed by atoms with Crippen molar-refractivity contribution in [3.05, 3.63) is 54.6 Å². The molecule has 1 saturated heterocycles. The van der Waals surface area contributed by atoms with E-state index >= 15 is 0 Å². The minimum Gasteiger partial charge on any atom is -0.457 e. The highest BCUT2D eigenvalue weighted by molar-refractivity contribution is 5.99. The molecule has 1 fully saturated rings. The van der Waals surface area contributed by atoms with Crippen LogP contribution in [0.3, 0.4) is 0 Å². The molecule has 1 aliphatic heterocycles. The summed E-state index contributed by atoms with van der Waals surface area (Å²) in [6.45, 7) is 7.64. The first kappa shape index (κ1) is 22.2. The van der Waals surface area contributed by atoms with Crippen molar-refractivity contribution in [2.45, 2.75) is 45.3 Å². The fourth-order valence-corrected chi connectivity index (χ4v) is 4.15. The molecule has 0 radical (unpaired) electrons. The second kappa shape index (κ2) is 8.95. The summed E-state index contributed by atoms with van der Waals surface area (Å²) in [4.78, 5) is 9.56. The largest absolute Gasteiger partial charge is 0.457 e. The number of nitrogens with zero attached hydrogens (tertiary/aromatic N) is 4. The summed E-state index contributed by atoms with van der Waals surface area (Å²) >= 11 is 0. The van der Waals surface area contributed by atoms with E-state index in [0.717, 1.165) is 36.1 Å². The normalized spacial score (nSPS) is 16.1. The van der Waals surface area contributed by atoms with E-state index < -0.39 is 0 Å². The maximum absolute atomic E-state index is 6.60. The van der Waals surface area contributed by atoms with E-state index in [2.05, 4.69) is 31.1 Å². The topological polar surface area (TPSA) is 100 Å². The lowest BCUT2D eigenvalue weighted by molar-refractivity contribution is 0.120. The van der Waals surface area contributed by atoms with Gasteiger partial charge in [0.05, 0.1) is 22.7 Å². The SMILES string of the molecule is CC(C)(C)n1nc2nc(NCC3CCCO3)nc(-c3cccc(Oc4ccccc4)c3)c2c1N. The van der Waals surface area contributed by atoms with Gasteiger partial charge in [0.15, 0.2) is 5.65 Å². The zero-order valence-electron chi connectivity index (χ0n) is 19.8. The van der Waals surface area contributed by atoms with Crippen LogP contribution in [-0.4, -0.2) is 39.0 Å². The van der Waals surface area contributed by atoms with Crippen LogP contribution in [0.1, 0.15) is 33.6 Å². The Hall–Kier alpha value is -3.65. The summed E-state index contributed by atoms with van der Waals surface area (Å²) < 4.78 is 13.6. The summed E-state index contributed by atoms with van der Waals surface area (Å²) in [6.07, 6.45) is 2.28. The van der Waals surface area contributed by atoms with Crippen molar-refractivity contribution in [1.82, 2.24) is 19.7 Å². The molecule has 1 atom stereocenters. The Kier molecular flexibility index (Phi) is 5.83. The van der Waals surface area contributed by atoms with Gasteiger partial charge in [-0.2, -0.15) is 4.98 Å². The molecular formula is C26H30N6O2. The van der Waals surface area contributed by atoms with E-state index in [1.54, 1.807) is 0 Å². The Morgan fingerprint density at radius 2 is 1.88 bits per heavy atom. The number of nitrogen functional groups attached to an aromatic ring is 1. The number of fused-ring (bicyclic) bond motifs is 1. The molecule has 0 saturated carbocycles. The maximum Gasteiger partial charge on any atom is 0.225 e. The smallest absolute Gasteiger partial charge is 0.225 e. The van der Waals surface area contributed by atoms with Crippen LogP contribution in [0.15, 0.2) is 54.6 Å². The van der Waals surface area contributed by atoms with Crippen molar-refractivity contribution >= 4 is 22.8 Å². The minimum absolute atomic E-state index is 0.169. The molecule has 5 rings (SSSR count). The van der Waals surface area contributed by atoms with Crippen LogP contribution in [0.25, 0.3) is 22.3 Å². The second-order valence-corrected chi connectivity index (χ2v) is 9.52. The second-order valence-electron chi connectivity index (χ2n) is 9.52. The van der Waals surface area contributed by atoms with Crippen LogP contribution in [0.5, 0.6) is 11.5 Å². The molecule has 0 bridgehead atoms. The molecule has 1 aliphatic rings. The first-order valence-corrected chi connectivity index (χ1v) is 11.6. The number of benzene rings is 2. The Morgan fingerprint density at radius 1 is 1.09 bits per heavy atom. The van der Waals surface area contributed by atoms with Gasteiger partial charge < -0.3 is 20.5 Å². The third-order valence-electron chi connectivity index (χ3n) is 5.80. The molecule has 34 heavy (non-hydrogen) atoms. The van der Waals surface area contributed by atoms with Crippen molar-refractivity contribution in [1.29, 1.82) is 0 Å². The number of aromatic nitrogens is 4. The van der Waals surface area contributed by atoms with Gasteiger partial charge in [-0.25, -0.2) is 9.67 Å². The monoisotopic (exact) mass is 458 g/mol. The fraction of sp³-hybridized carbons (Fsp3) is 0.346.